The van der Waals surface area contributed by atoms with Crippen molar-refractivity contribution in [2.75, 3.05) is 13.2 Å². The van der Waals surface area contributed by atoms with Crippen LogP contribution in [0.1, 0.15) is 51.9 Å². The number of hydrogen-bond acceptors (Lipinski definition) is 4. The van der Waals surface area contributed by atoms with Gasteiger partial charge in [-0.2, -0.15) is 0 Å². The Morgan fingerprint density at radius 1 is 1.12 bits per heavy atom. The quantitative estimate of drug-likeness (QED) is 0.441. The Bertz CT molecular complexity index is 517. The fraction of sp³-hybridized carbons (Fsp3) is 0.737. The van der Waals surface area contributed by atoms with E-state index in [0.29, 0.717) is 18.4 Å². The highest BCUT2D eigenvalue weighted by Gasteiger charge is 2.47. The van der Waals surface area contributed by atoms with Gasteiger partial charge in [-0.3, -0.25) is 19.3 Å². The average molecular weight is 333 g/mol. The van der Waals surface area contributed by atoms with E-state index in [2.05, 4.69) is 19.1 Å². The van der Waals surface area contributed by atoms with E-state index in [-0.39, 0.29) is 42.6 Å². The van der Waals surface area contributed by atoms with Crippen molar-refractivity contribution in [3.8, 4) is 0 Å². The van der Waals surface area contributed by atoms with Gasteiger partial charge in [-0.25, -0.2) is 0 Å². The Balaban J connectivity index is 1.45. The second kappa shape index (κ2) is 7.49. The molecule has 2 fully saturated rings. The number of carbonyl (C=O) groups excluding carboxylic acids is 3. The highest BCUT2D eigenvalue weighted by molar-refractivity contribution is 6.05. The fourth-order valence-corrected chi connectivity index (χ4v) is 4.17. The standard InChI is InChI=1S/C19H27NO4/c1-13-6-2-3-7-14(13)12-24-17(21)10-11-20-18(22)15-8-4-5-9-16(15)19(20)23/h2-3,13-16H,4-12H2,1H3/t13-,14-,15-,16-/m1/s1. The minimum atomic E-state index is -0.313. The minimum Gasteiger partial charge on any atom is -0.465 e. The van der Waals surface area contributed by atoms with Gasteiger partial charge >= 0.3 is 5.97 Å². The van der Waals surface area contributed by atoms with Gasteiger partial charge in [0.2, 0.25) is 11.8 Å². The van der Waals surface area contributed by atoms with E-state index in [1.807, 2.05) is 0 Å². The number of allylic oxidation sites excluding steroid dienone is 2. The van der Waals surface area contributed by atoms with E-state index in [1.54, 1.807) is 0 Å². The summed E-state index contributed by atoms with van der Waals surface area (Å²) in [4.78, 5) is 38.0. The van der Waals surface area contributed by atoms with E-state index in [4.69, 9.17) is 4.74 Å². The molecule has 2 amide bonds. The van der Waals surface area contributed by atoms with Crippen LogP contribution in [0.25, 0.3) is 0 Å². The van der Waals surface area contributed by atoms with Crippen LogP contribution in [0.4, 0.5) is 0 Å². The van der Waals surface area contributed by atoms with Gasteiger partial charge in [-0.1, -0.05) is 31.9 Å². The zero-order valence-corrected chi connectivity index (χ0v) is 14.4. The molecule has 0 unspecified atom stereocenters. The van der Waals surface area contributed by atoms with Crippen LogP contribution in [0.2, 0.25) is 0 Å². The smallest absolute Gasteiger partial charge is 0.307 e. The molecule has 5 nitrogen and oxygen atoms in total. The average Bonchev–Trinajstić information content (AvgIpc) is 2.84. The molecule has 0 aromatic carbocycles. The van der Waals surface area contributed by atoms with E-state index in [0.717, 1.165) is 38.5 Å². The van der Waals surface area contributed by atoms with E-state index >= 15 is 0 Å². The summed E-state index contributed by atoms with van der Waals surface area (Å²) in [6.07, 6.45) is 10.0. The molecular formula is C19H27NO4. The molecule has 0 radical (unpaired) electrons. The van der Waals surface area contributed by atoms with Crippen LogP contribution >= 0.6 is 0 Å². The molecule has 1 aliphatic heterocycles. The molecule has 5 heteroatoms. The lowest BCUT2D eigenvalue weighted by atomic mass is 9.81. The molecule has 0 aromatic heterocycles. The van der Waals surface area contributed by atoms with E-state index in [9.17, 15) is 14.4 Å². The molecular weight excluding hydrogens is 306 g/mol. The lowest BCUT2D eigenvalue weighted by Gasteiger charge is -2.24. The monoisotopic (exact) mass is 333 g/mol. The molecule has 1 saturated heterocycles. The molecule has 1 heterocycles. The summed E-state index contributed by atoms with van der Waals surface area (Å²) in [6, 6.07) is 0. The zero-order valence-electron chi connectivity index (χ0n) is 14.4. The molecule has 2 aliphatic carbocycles. The van der Waals surface area contributed by atoms with Crippen molar-refractivity contribution in [2.45, 2.75) is 51.9 Å². The minimum absolute atomic E-state index is 0.0801. The molecule has 0 spiro atoms. The van der Waals surface area contributed by atoms with Crippen LogP contribution in [0.5, 0.6) is 0 Å². The number of likely N-dealkylation sites (tertiary alicyclic amines) is 1. The van der Waals surface area contributed by atoms with Gasteiger partial charge in [0.15, 0.2) is 0 Å². The summed E-state index contributed by atoms with van der Waals surface area (Å²) in [5.74, 6) is 0.137. The van der Waals surface area contributed by atoms with Gasteiger partial charge in [0.05, 0.1) is 24.9 Å². The van der Waals surface area contributed by atoms with Crippen LogP contribution in [0, 0.1) is 23.7 Å². The summed E-state index contributed by atoms with van der Waals surface area (Å²) >= 11 is 0. The molecule has 0 bridgehead atoms. The molecule has 24 heavy (non-hydrogen) atoms. The summed E-state index contributed by atoms with van der Waals surface area (Å²) in [5, 5.41) is 0. The van der Waals surface area contributed by atoms with Crippen molar-refractivity contribution < 1.29 is 19.1 Å². The van der Waals surface area contributed by atoms with Crippen LogP contribution < -0.4 is 0 Å². The first-order valence-corrected chi connectivity index (χ1v) is 9.23. The fourth-order valence-electron chi connectivity index (χ4n) is 4.17. The Kier molecular flexibility index (Phi) is 5.36. The van der Waals surface area contributed by atoms with Gasteiger partial charge < -0.3 is 4.74 Å². The second-order valence-corrected chi connectivity index (χ2v) is 7.44. The predicted molar refractivity (Wildman–Crippen MR) is 88.8 cm³/mol. The number of nitrogens with zero attached hydrogens (tertiary/aromatic N) is 1. The van der Waals surface area contributed by atoms with Crippen molar-refractivity contribution >= 4 is 17.8 Å². The Hall–Kier alpha value is -1.65. The van der Waals surface area contributed by atoms with Crippen LogP contribution in [0.15, 0.2) is 12.2 Å². The molecule has 1 saturated carbocycles. The number of esters is 1. The predicted octanol–water partition coefficient (Wildman–Crippen LogP) is 2.70. The molecule has 0 N–H and O–H groups in total. The van der Waals surface area contributed by atoms with Crippen LogP contribution in [-0.4, -0.2) is 35.8 Å². The number of carbonyl (C=O) groups is 3. The number of ether oxygens (including phenoxy) is 1. The first-order chi connectivity index (χ1) is 11.6. The molecule has 132 valence electrons. The van der Waals surface area contributed by atoms with Crippen molar-refractivity contribution in [2.24, 2.45) is 23.7 Å². The highest BCUT2D eigenvalue weighted by atomic mass is 16.5. The number of imide groups is 1. The van der Waals surface area contributed by atoms with Gasteiger partial charge in [0.25, 0.3) is 0 Å². The summed E-state index contributed by atoms with van der Waals surface area (Å²) < 4.78 is 5.38. The zero-order chi connectivity index (χ0) is 17.1. The normalized spacial score (nSPS) is 32.8. The SMILES string of the molecule is C[C@@H]1CC=CC[C@@H]1COC(=O)CCN1C(=O)[C@@H]2CCCC[C@H]2C1=O. The lowest BCUT2D eigenvalue weighted by molar-refractivity contribution is -0.147. The maximum Gasteiger partial charge on any atom is 0.307 e. The molecule has 4 atom stereocenters. The number of rotatable bonds is 5. The third-order valence-electron chi connectivity index (χ3n) is 5.85. The Labute approximate surface area is 143 Å². The lowest BCUT2D eigenvalue weighted by Crippen LogP contribution is -2.33. The van der Waals surface area contributed by atoms with Crippen LogP contribution in [-0.2, 0) is 19.1 Å². The molecule has 3 rings (SSSR count). The van der Waals surface area contributed by atoms with Crippen molar-refractivity contribution in [1.82, 2.24) is 4.90 Å². The molecule has 0 aromatic rings. The number of hydrogen-bond donors (Lipinski definition) is 0. The maximum atomic E-state index is 12.4. The highest BCUT2D eigenvalue weighted by Crippen LogP contribution is 2.38. The third kappa shape index (κ3) is 3.55. The first-order valence-electron chi connectivity index (χ1n) is 9.23. The van der Waals surface area contributed by atoms with Gasteiger partial charge in [0, 0.05) is 6.54 Å². The van der Waals surface area contributed by atoms with E-state index in [1.165, 1.54) is 4.90 Å². The Morgan fingerprint density at radius 3 is 2.38 bits per heavy atom. The number of fused-ring (bicyclic) bond motifs is 1. The van der Waals surface area contributed by atoms with Gasteiger partial charge in [-0.05, 0) is 37.5 Å². The Morgan fingerprint density at radius 2 is 1.75 bits per heavy atom. The summed E-state index contributed by atoms with van der Waals surface area (Å²) in [7, 11) is 0. The first kappa shape index (κ1) is 17.2. The van der Waals surface area contributed by atoms with E-state index < -0.39 is 0 Å². The summed E-state index contributed by atoms with van der Waals surface area (Å²) in [6.45, 7) is 2.77. The van der Waals surface area contributed by atoms with Gasteiger partial charge in [0.1, 0.15) is 0 Å². The van der Waals surface area contributed by atoms with Crippen LogP contribution in [0.3, 0.4) is 0 Å². The summed E-state index contributed by atoms with van der Waals surface area (Å²) in [5.41, 5.74) is 0. The maximum absolute atomic E-state index is 12.4. The van der Waals surface area contributed by atoms with Gasteiger partial charge in [-0.15, -0.1) is 0 Å². The van der Waals surface area contributed by atoms with Crippen molar-refractivity contribution in [1.29, 1.82) is 0 Å². The second-order valence-electron chi connectivity index (χ2n) is 7.44. The number of amides is 2. The topological polar surface area (TPSA) is 63.7 Å². The van der Waals surface area contributed by atoms with Crippen molar-refractivity contribution in [3.05, 3.63) is 12.2 Å². The van der Waals surface area contributed by atoms with Crippen molar-refractivity contribution in [3.63, 3.8) is 0 Å². The molecule has 3 aliphatic rings. The third-order valence-corrected chi connectivity index (χ3v) is 5.85. The largest absolute Gasteiger partial charge is 0.465 e.